The van der Waals surface area contributed by atoms with E-state index in [9.17, 15) is 18.4 Å². The molecule has 3 aromatic rings. The Hall–Kier alpha value is -3.65. The number of hydrogen-bond acceptors (Lipinski definition) is 8. The lowest BCUT2D eigenvalue weighted by Gasteiger charge is -2.50. The summed E-state index contributed by atoms with van der Waals surface area (Å²) in [7, 11) is 0. The molecule has 1 saturated heterocycles. The number of benzene rings is 2. The number of halogens is 5. The first-order valence-electron chi connectivity index (χ1n) is 18.5. The van der Waals surface area contributed by atoms with Crippen molar-refractivity contribution in [3.8, 4) is 5.75 Å². The van der Waals surface area contributed by atoms with Crippen LogP contribution in [0.15, 0.2) is 41.3 Å². The third-order valence-corrected chi connectivity index (χ3v) is 11.5. The van der Waals surface area contributed by atoms with Gasteiger partial charge in [0.25, 0.3) is 5.91 Å². The maximum atomic E-state index is 15.2. The van der Waals surface area contributed by atoms with Crippen LogP contribution in [0.2, 0.25) is 15.1 Å². The topological polar surface area (TPSA) is 102 Å². The van der Waals surface area contributed by atoms with Gasteiger partial charge in [0.1, 0.15) is 16.2 Å². The first-order chi connectivity index (χ1) is 26.3. The normalized spacial score (nSPS) is 18.6. The van der Waals surface area contributed by atoms with Crippen molar-refractivity contribution in [3.05, 3.63) is 84.3 Å². The summed E-state index contributed by atoms with van der Waals surface area (Å²) in [5, 5.41) is 2.95. The number of ether oxygens (including phenoxy) is 3. The molecule has 1 saturated carbocycles. The summed E-state index contributed by atoms with van der Waals surface area (Å²) >= 11 is 20.2. The van der Waals surface area contributed by atoms with Crippen LogP contribution in [0.4, 0.5) is 18.4 Å². The van der Waals surface area contributed by atoms with Crippen LogP contribution in [0.5, 0.6) is 5.75 Å². The molecule has 302 valence electrons. The molecule has 56 heavy (non-hydrogen) atoms. The highest BCUT2D eigenvalue weighted by Gasteiger charge is 2.51. The number of carbonyl (C=O) groups excluding carboxylic acids is 3. The third kappa shape index (κ3) is 9.71. The van der Waals surface area contributed by atoms with Crippen molar-refractivity contribution >= 4 is 69.8 Å². The number of nitrogens with zero attached hydrogens (tertiary/aromatic N) is 4. The Morgan fingerprint density at radius 1 is 0.946 bits per heavy atom. The predicted molar refractivity (Wildman–Crippen MR) is 212 cm³/mol. The number of aromatic nitrogens is 1. The fourth-order valence-corrected chi connectivity index (χ4v) is 8.29. The van der Waals surface area contributed by atoms with E-state index in [1.807, 2.05) is 11.4 Å². The summed E-state index contributed by atoms with van der Waals surface area (Å²) in [6.45, 7) is 11.0. The Balaban J connectivity index is 1.37. The van der Waals surface area contributed by atoms with Crippen LogP contribution in [0, 0.1) is 11.6 Å². The van der Waals surface area contributed by atoms with Gasteiger partial charge < -0.3 is 24.0 Å². The predicted octanol–water partition coefficient (Wildman–Crippen LogP) is 9.97. The average molecular weight is 854 g/mol. The fourth-order valence-electron chi connectivity index (χ4n) is 6.84. The second-order valence-electron chi connectivity index (χ2n) is 16.2. The molecule has 3 amide bonds. The van der Waals surface area contributed by atoms with Crippen molar-refractivity contribution in [1.29, 1.82) is 0 Å². The number of fused-ring (bicyclic) bond motifs is 2. The maximum Gasteiger partial charge on any atom is 0.411 e. The first-order valence-corrected chi connectivity index (χ1v) is 20.5. The van der Waals surface area contributed by atoms with Crippen molar-refractivity contribution < 1.29 is 37.4 Å². The van der Waals surface area contributed by atoms with Gasteiger partial charge >= 0.3 is 12.2 Å². The number of amides is 3. The Morgan fingerprint density at radius 3 is 2.32 bits per heavy atom. The molecule has 6 rings (SSSR count). The lowest BCUT2D eigenvalue weighted by molar-refractivity contribution is -0.129. The summed E-state index contributed by atoms with van der Waals surface area (Å²) < 4.78 is 45.7. The van der Waals surface area contributed by atoms with Gasteiger partial charge in [0.15, 0.2) is 17.4 Å². The van der Waals surface area contributed by atoms with Crippen molar-refractivity contribution in [1.82, 2.24) is 19.7 Å². The van der Waals surface area contributed by atoms with Gasteiger partial charge in [0.05, 0.1) is 39.5 Å². The molecule has 1 aliphatic carbocycles. The lowest BCUT2D eigenvalue weighted by Crippen LogP contribution is -2.66. The zero-order valence-corrected chi connectivity index (χ0v) is 35.2. The fraction of sp³-hybridized carbons (Fsp3) is 0.500. The van der Waals surface area contributed by atoms with Gasteiger partial charge in [-0.2, -0.15) is 0 Å². The van der Waals surface area contributed by atoms with Crippen molar-refractivity contribution in [3.63, 3.8) is 0 Å². The number of piperazine rings is 1. The van der Waals surface area contributed by atoms with E-state index in [-0.39, 0.29) is 49.6 Å². The number of aryl methyl sites for hydroxylation is 1. The molecular formula is C40H45Cl3F2N4O6S. The van der Waals surface area contributed by atoms with E-state index >= 15 is 4.79 Å². The number of thiazole rings is 1. The highest BCUT2D eigenvalue weighted by atomic mass is 35.5. The standard InChI is InChI=1S/C40H45Cl3F2N4O6S/c1-39(2,3)54-37(51)47-19-25-17-26(35-46-23(21-56-35)10-8-16-53-34-29(44)15-14-28(42)33(34)45)31(30(20-47)49(25)38(52)55-40(4,5)6)36(50)48(24-12-13-24)18-22-9-7-11-27(41)32(22)43/h7,9,11,14-15,21,24-25,30H,8,10,12-13,16-20H2,1-6H3. The second kappa shape index (κ2) is 16.7. The van der Waals surface area contributed by atoms with Crippen LogP contribution < -0.4 is 4.74 Å². The molecule has 0 N–H and O–H groups in total. The third-order valence-electron chi connectivity index (χ3n) is 9.39. The molecule has 3 aliphatic rings. The molecule has 2 aromatic carbocycles. The molecule has 0 spiro atoms. The number of rotatable bonds is 10. The van der Waals surface area contributed by atoms with Crippen LogP contribution in [-0.4, -0.2) is 86.8 Å². The Kier molecular flexibility index (Phi) is 12.5. The minimum Gasteiger partial charge on any atom is -0.488 e. The van der Waals surface area contributed by atoms with Crippen LogP contribution in [0.1, 0.15) is 83.5 Å². The summed E-state index contributed by atoms with van der Waals surface area (Å²) in [6.07, 6.45) is 1.43. The molecular weight excluding hydrogens is 809 g/mol. The Labute approximate surface area is 344 Å². The zero-order chi connectivity index (χ0) is 40.7. The molecule has 10 nitrogen and oxygen atoms in total. The second-order valence-corrected chi connectivity index (χ2v) is 18.2. The van der Waals surface area contributed by atoms with Crippen LogP contribution in [0.25, 0.3) is 5.57 Å². The molecule has 2 aliphatic heterocycles. The summed E-state index contributed by atoms with van der Waals surface area (Å²) in [4.78, 5) is 52.7. The van der Waals surface area contributed by atoms with E-state index < -0.39 is 52.9 Å². The smallest absolute Gasteiger partial charge is 0.411 e. The molecule has 1 aromatic heterocycles. The number of carbonyl (C=O) groups is 3. The van der Waals surface area contributed by atoms with Gasteiger partial charge in [-0.1, -0.05) is 46.9 Å². The van der Waals surface area contributed by atoms with Crippen molar-refractivity contribution in [2.75, 3.05) is 19.7 Å². The highest BCUT2D eigenvalue weighted by Crippen LogP contribution is 2.43. The van der Waals surface area contributed by atoms with Gasteiger partial charge in [-0.25, -0.2) is 23.4 Å². The molecule has 2 unspecified atom stereocenters. The van der Waals surface area contributed by atoms with Gasteiger partial charge in [0, 0.05) is 42.2 Å². The average Bonchev–Trinajstić information content (AvgIpc) is 3.84. The molecule has 0 radical (unpaired) electrons. The Bertz CT molecular complexity index is 2030. The largest absolute Gasteiger partial charge is 0.488 e. The van der Waals surface area contributed by atoms with Crippen molar-refractivity contribution in [2.45, 2.75) is 110 Å². The van der Waals surface area contributed by atoms with E-state index in [0.717, 1.165) is 25.0 Å². The molecule has 3 heterocycles. The minimum atomic E-state index is -0.960. The van der Waals surface area contributed by atoms with Gasteiger partial charge in [0.2, 0.25) is 0 Å². The van der Waals surface area contributed by atoms with Crippen molar-refractivity contribution in [2.24, 2.45) is 0 Å². The van der Waals surface area contributed by atoms with Gasteiger partial charge in [-0.15, -0.1) is 11.3 Å². The summed E-state index contributed by atoms with van der Waals surface area (Å²) in [5.74, 6) is -2.65. The van der Waals surface area contributed by atoms with E-state index in [1.165, 1.54) is 11.3 Å². The van der Waals surface area contributed by atoms with Gasteiger partial charge in [-0.05, 0) is 97.4 Å². The van der Waals surface area contributed by atoms with Gasteiger partial charge in [-0.3, -0.25) is 9.69 Å². The van der Waals surface area contributed by atoms with E-state index in [1.54, 1.807) is 68.4 Å². The van der Waals surface area contributed by atoms with E-state index in [2.05, 4.69) is 0 Å². The molecule has 16 heteroatoms. The maximum absolute atomic E-state index is 15.2. The Morgan fingerprint density at radius 2 is 1.64 bits per heavy atom. The minimum absolute atomic E-state index is 0.00534. The molecule has 2 atom stereocenters. The SMILES string of the molecule is CC(C)(C)OC(=O)N1CC2CC(c3nc(CCCOc4c(F)ccc(Cl)c4F)cs3)=C(C(=O)N(Cc3cccc(Cl)c3Cl)C3CC3)C(C1)N2C(=O)OC(C)(C)C. The van der Waals surface area contributed by atoms with E-state index in [0.29, 0.717) is 50.3 Å². The first kappa shape index (κ1) is 42.0. The quantitative estimate of drug-likeness (QED) is 0.148. The zero-order valence-electron chi connectivity index (χ0n) is 32.1. The molecule has 2 fully saturated rings. The highest BCUT2D eigenvalue weighted by molar-refractivity contribution is 7.10. The summed E-state index contributed by atoms with van der Waals surface area (Å²) in [5.41, 5.74) is 0.779. The molecule has 2 bridgehead atoms. The monoisotopic (exact) mass is 852 g/mol. The van der Waals surface area contributed by atoms with Crippen LogP contribution >= 0.6 is 46.1 Å². The lowest BCUT2D eigenvalue weighted by atomic mass is 9.84. The van der Waals surface area contributed by atoms with Crippen LogP contribution in [-0.2, 0) is 27.2 Å². The number of hydrogen-bond donors (Lipinski definition) is 0. The van der Waals surface area contributed by atoms with Crippen LogP contribution in [0.3, 0.4) is 0 Å². The van der Waals surface area contributed by atoms with E-state index in [4.69, 9.17) is 54.0 Å². The summed E-state index contributed by atoms with van der Waals surface area (Å²) in [6, 6.07) is 5.92.